The molecule has 0 unspecified atom stereocenters. The third-order valence-electron chi connectivity index (χ3n) is 5.44. The Bertz CT molecular complexity index is 1530. The number of nitrogens with zero attached hydrogens (tertiary/aromatic N) is 3. The molecule has 8 heteroatoms. The highest BCUT2D eigenvalue weighted by molar-refractivity contribution is 7.99. The third-order valence-corrected chi connectivity index (χ3v) is 7.51. The van der Waals surface area contributed by atoms with Crippen LogP contribution in [-0.4, -0.2) is 26.2 Å². The third kappa shape index (κ3) is 4.73. The van der Waals surface area contributed by atoms with E-state index in [1.54, 1.807) is 10.8 Å². The summed E-state index contributed by atoms with van der Waals surface area (Å²) in [5.74, 6) is 0.0573. The predicted octanol–water partition coefficient (Wildman–Crippen LogP) is 4.77. The maximum atomic E-state index is 13.5. The van der Waals surface area contributed by atoms with Crippen molar-refractivity contribution in [2.45, 2.75) is 25.2 Å². The lowest BCUT2D eigenvalue weighted by Crippen LogP contribution is -2.26. The Morgan fingerprint density at radius 3 is 2.62 bits per heavy atom. The Balaban J connectivity index is 1.43. The van der Waals surface area contributed by atoms with E-state index < -0.39 is 0 Å². The molecule has 5 rings (SSSR count). The zero-order chi connectivity index (χ0) is 23.5. The second-order valence-corrected chi connectivity index (χ2v) is 9.90. The van der Waals surface area contributed by atoms with Gasteiger partial charge in [-0.1, -0.05) is 71.9 Å². The maximum Gasteiger partial charge on any atom is 0.272 e. The van der Waals surface area contributed by atoms with Crippen molar-refractivity contribution >= 4 is 49.4 Å². The summed E-state index contributed by atoms with van der Waals surface area (Å²) in [7, 11) is 0. The van der Waals surface area contributed by atoms with Crippen LogP contribution in [0.1, 0.15) is 16.7 Å². The zero-order valence-corrected chi connectivity index (χ0v) is 20.2. The van der Waals surface area contributed by atoms with Crippen LogP contribution < -0.4 is 10.9 Å². The molecule has 5 aromatic rings. The predicted molar refractivity (Wildman–Crippen MR) is 138 cm³/mol. The molecule has 0 aliphatic heterocycles. The number of pyridine rings is 1. The number of hydrogen-bond acceptors (Lipinski definition) is 6. The van der Waals surface area contributed by atoms with Gasteiger partial charge in [-0.3, -0.25) is 14.2 Å². The Morgan fingerprint density at radius 2 is 1.82 bits per heavy atom. The minimum atomic E-state index is -0.112. The van der Waals surface area contributed by atoms with Crippen molar-refractivity contribution in [2.24, 2.45) is 0 Å². The fourth-order valence-corrected chi connectivity index (χ4v) is 5.50. The number of nitrogens with one attached hydrogen (secondary N) is 1. The first-order valence-corrected chi connectivity index (χ1v) is 12.7. The molecule has 1 amide bonds. The van der Waals surface area contributed by atoms with Gasteiger partial charge in [-0.2, -0.15) is 0 Å². The molecule has 0 spiro atoms. The van der Waals surface area contributed by atoms with Crippen LogP contribution in [0, 0.1) is 6.92 Å². The van der Waals surface area contributed by atoms with Gasteiger partial charge in [0.15, 0.2) is 5.16 Å². The molecule has 6 nitrogen and oxygen atoms in total. The number of thioether (sulfide) groups is 1. The first kappa shape index (κ1) is 22.3. The van der Waals surface area contributed by atoms with Crippen LogP contribution in [0.15, 0.2) is 82.9 Å². The quantitative estimate of drug-likeness (QED) is 0.265. The van der Waals surface area contributed by atoms with E-state index in [0.717, 1.165) is 21.3 Å². The highest BCUT2D eigenvalue weighted by Crippen LogP contribution is 2.30. The average Bonchev–Trinajstić information content (AvgIpc) is 3.24. The number of benzene rings is 2. The van der Waals surface area contributed by atoms with Crippen molar-refractivity contribution in [2.75, 3.05) is 5.75 Å². The number of aryl methyl sites for hydroxylation is 1. The van der Waals surface area contributed by atoms with Gasteiger partial charge < -0.3 is 5.32 Å². The van der Waals surface area contributed by atoms with Gasteiger partial charge in [-0.25, -0.2) is 9.97 Å². The molecule has 0 fully saturated rings. The van der Waals surface area contributed by atoms with E-state index >= 15 is 0 Å². The van der Waals surface area contributed by atoms with Crippen LogP contribution in [0.25, 0.3) is 20.4 Å². The van der Waals surface area contributed by atoms with Crippen molar-refractivity contribution in [3.05, 3.63) is 100.0 Å². The number of amides is 1. The largest absolute Gasteiger partial charge is 0.351 e. The summed E-state index contributed by atoms with van der Waals surface area (Å²) in [4.78, 5) is 36.1. The van der Waals surface area contributed by atoms with Gasteiger partial charge in [0.2, 0.25) is 5.91 Å². The van der Waals surface area contributed by atoms with E-state index in [1.807, 2.05) is 73.7 Å². The van der Waals surface area contributed by atoms with Crippen LogP contribution in [0.2, 0.25) is 0 Å². The number of thiophene rings is 1. The monoisotopic (exact) mass is 486 g/mol. The van der Waals surface area contributed by atoms with Gasteiger partial charge in [-0.15, -0.1) is 11.3 Å². The molecule has 3 aromatic heterocycles. The van der Waals surface area contributed by atoms with Crippen LogP contribution >= 0.6 is 23.1 Å². The lowest BCUT2D eigenvalue weighted by atomic mass is 10.1. The highest BCUT2D eigenvalue weighted by atomic mass is 32.2. The molecule has 0 aliphatic carbocycles. The van der Waals surface area contributed by atoms with E-state index in [4.69, 9.17) is 4.98 Å². The summed E-state index contributed by atoms with van der Waals surface area (Å²) in [6.45, 7) is 2.88. The molecular weight excluding hydrogens is 464 g/mol. The summed E-state index contributed by atoms with van der Waals surface area (Å²) in [6, 6.07) is 21.6. The second-order valence-electron chi connectivity index (χ2n) is 7.96. The van der Waals surface area contributed by atoms with Gasteiger partial charge in [0.25, 0.3) is 5.56 Å². The van der Waals surface area contributed by atoms with E-state index in [9.17, 15) is 9.59 Å². The average molecular weight is 487 g/mol. The Hall–Kier alpha value is -3.49. The number of hydrogen-bond donors (Lipinski definition) is 1. The van der Waals surface area contributed by atoms with E-state index in [2.05, 4.69) is 10.3 Å². The Labute approximate surface area is 204 Å². The van der Waals surface area contributed by atoms with Crippen LogP contribution in [-0.2, 0) is 17.9 Å². The number of aromatic nitrogens is 3. The van der Waals surface area contributed by atoms with Crippen molar-refractivity contribution in [1.29, 1.82) is 0 Å². The van der Waals surface area contributed by atoms with Gasteiger partial charge in [0.05, 0.1) is 17.8 Å². The Kier molecular flexibility index (Phi) is 6.42. The molecule has 0 saturated heterocycles. The maximum absolute atomic E-state index is 13.5. The second kappa shape index (κ2) is 9.79. The fourth-order valence-electron chi connectivity index (χ4n) is 3.64. The van der Waals surface area contributed by atoms with E-state index in [1.165, 1.54) is 28.7 Å². The number of fused-ring (bicyclic) bond motifs is 3. The molecule has 0 aliphatic rings. The molecule has 0 saturated carbocycles. The lowest BCUT2D eigenvalue weighted by molar-refractivity contribution is -0.118. The fraction of sp³-hybridized carbons (Fsp3) is 0.154. The van der Waals surface area contributed by atoms with Crippen molar-refractivity contribution in [3.8, 4) is 0 Å². The van der Waals surface area contributed by atoms with Crippen molar-refractivity contribution in [1.82, 2.24) is 19.9 Å². The van der Waals surface area contributed by atoms with E-state index in [-0.39, 0.29) is 17.2 Å². The lowest BCUT2D eigenvalue weighted by Gasteiger charge is -2.12. The summed E-state index contributed by atoms with van der Waals surface area (Å²) >= 11 is 2.63. The molecule has 2 aromatic carbocycles. The smallest absolute Gasteiger partial charge is 0.272 e. The standard InChI is InChI=1S/C26H22N4O2S2/c1-17-9-11-18(12-10-17)14-28-21(31)16-33-26-29-22-20-8-5-13-27-24(20)34-23(22)25(32)30(26)15-19-6-3-2-4-7-19/h2-13H,14-16H2,1H3,(H,28,31). The van der Waals surface area contributed by atoms with Crippen LogP contribution in [0.4, 0.5) is 0 Å². The molecular formula is C26H22N4O2S2. The molecule has 34 heavy (non-hydrogen) atoms. The van der Waals surface area contributed by atoms with Gasteiger partial charge in [-0.05, 0) is 30.2 Å². The topological polar surface area (TPSA) is 76.9 Å². The molecule has 0 radical (unpaired) electrons. The van der Waals surface area contributed by atoms with Gasteiger partial charge >= 0.3 is 0 Å². The Morgan fingerprint density at radius 1 is 1.03 bits per heavy atom. The number of carbonyl (C=O) groups is 1. The first-order chi connectivity index (χ1) is 16.6. The summed E-state index contributed by atoms with van der Waals surface area (Å²) in [6.07, 6.45) is 1.72. The minimum absolute atomic E-state index is 0.108. The van der Waals surface area contributed by atoms with Gasteiger partial charge in [0, 0.05) is 18.1 Å². The van der Waals surface area contributed by atoms with E-state index in [0.29, 0.717) is 28.5 Å². The highest BCUT2D eigenvalue weighted by Gasteiger charge is 2.18. The first-order valence-electron chi connectivity index (χ1n) is 10.9. The number of carbonyl (C=O) groups excluding carboxylic acids is 1. The normalized spacial score (nSPS) is 11.2. The molecule has 3 heterocycles. The molecule has 0 atom stereocenters. The van der Waals surface area contributed by atoms with Crippen LogP contribution in [0.5, 0.6) is 0 Å². The summed E-state index contributed by atoms with van der Waals surface area (Å²) in [5, 5.41) is 4.33. The molecule has 170 valence electrons. The summed E-state index contributed by atoms with van der Waals surface area (Å²) < 4.78 is 2.24. The molecule has 1 N–H and O–H groups in total. The summed E-state index contributed by atoms with van der Waals surface area (Å²) in [5.41, 5.74) is 3.75. The number of rotatable bonds is 7. The zero-order valence-electron chi connectivity index (χ0n) is 18.5. The van der Waals surface area contributed by atoms with Crippen molar-refractivity contribution < 1.29 is 4.79 Å². The van der Waals surface area contributed by atoms with Crippen molar-refractivity contribution in [3.63, 3.8) is 0 Å². The van der Waals surface area contributed by atoms with Crippen LogP contribution in [0.3, 0.4) is 0 Å². The minimum Gasteiger partial charge on any atom is -0.351 e. The SMILES string of the molecule is Cc1ccc(CNC(=O)CSc2nc3c(sc4ncccc43)c(=O)n2Cc2ccccc2)cc1. The van der Waals surface area contributed by atoms with Gasteiger partial charge in [0.1, 0.15) is 9.53 Å². The molecule has 0 bridgehead atoms.